The molecule has 0 radical (unpaired) electrons. The number of esters is 1. The molecular weight excluding hydrogens is 414 g/mol. The van der Waals surface area contributed by atoms with Gasteiger partial charge in [-0.15, -0.1) is 0 Å². The van der Waals surface area contributed by atoms with Gasteiger partial charge in [-0.05, 0) is 25.1 Å². The van der Waals surface area contributed by atoms with Gasteiger partial charge in [0.15, 0.2) is 6.61 Å². The number of carbonyl (C=O) groups excluding carboxylic acids is 2. The maximum absolute atomic E-state index is 12.9. The van der Waals surface area contributed by atoms with Crippen LogP contribution in [0.15, 0.2) is 63.6 Å². The quantitative estimate of drug-likeness (QED) is 0.412. The molecule has 0 aliphatic carbocycles. The molecule has 7 heteroatoms. The van der Waals surface area contributed by atoms with Crippen molar-refractivity contribution in [3.05, 3.63) is 70.4 Å². The minimum absolute atomic E-state index is 0.0768. The summed E-state index contributed by atoms with van der Waals surface area (Å²) < 4.78 is 16.2. The first-order chi connectivity index (χ1) is 13.1. The van der Waals surface area contributed by atoms with E-state index >= 15 is 0 Å². The van der Waals surface area contributed by atoms with Crippen molar-refractivity contribution in [2.75, 3.05) is 13.2 Å². The largest absolute Gasteiger partial charge is 0.481 e. The second-order valence-corrected chi connectivity index (χ2v) is 6.42. The Balaban J connectivity index is 1.85. The van der Waals surface area contributed by atoms with Crippen molar-refractivity contribution in [2.45, 2.75) is 6.92 Å². The van der Waals surface area contributed by atoms with Crippen LogP contribution in [0.25, 0.3) is 11.3 Å². The van der Waals surface area contributed by atoms with E-state index in [1.165, 1.54) is 0 Å². The normalized spacial score (nSPS) is 10.4. The molecule has 0 aliphatic rings. The first-order valence-corrected chi connectivity index (χ1v) is 9.02. The fraction of sp³-hybridized carbons (Fsp3) is 0.150. The van der Waals surface area contributed by atoms with Crippen molar-refractivity contribution in [3.63, 3.8) is 0 Å². The van der Waals surface area contributed by atoms with E-state index in [-0.39, 0.29) is 30.3 Å². The minimum Gasteiger partial charge on any atom is -0.481 e. The molecule has 0 N–H and O–H groups in total. The molecule has 0 spiro atoms. The lowest BCUT2D eigenvalue weighted by molar-refractivity contribution is -0.145. The Morgan fingerprint density at radius 3 is 2.63 bits per heavy atom. The topological polar surface area (TPSA) is 78.6 Å². The molecular formula is C20H16BrNO5. The Bertz CT molecular complexity index is 952. The molecule has 0 atom stereocenters. The predicted octanol–water partition coefficient (Wildman–Crippen LogP) is 4.28. The lowest BCUT2D eigenvalue weighted by Crippen LogP contribution is -2.16. The number of hydrogen-bond acceptors (Lipinski definition) is 6. The molecule has 0 fully saturated rings. The van der Waals surface area contributed by atoms with Crippen molar-refractivity contribution < 1.29 is 23.6 Å². The summed E-state index contributed by atoms with van der Waals surface area (Å²) in [6, 6.07) is 15.9. The second kappa shape index (κ2) is 8.64. The summed E-state index contributed by atoms with van der Waals surface area (Å²) in [4.78, 5) is 24.4. The Kier molecular flexibility index (Phi) is 6.03. The van der Waals surface area contributed by atoms with Crippen LogP contribution in [0.4, 0.5) is 0 Å². The average Bonchev–Trinajstić information content (AvgIpc) is 3.17. The molecule has 27 heavy (non-hydrogen) atoms. The highest BCUT2D eigenvalue weighted by Gasteiger charge is 2.21. The van der Waals surface area contributed by atoms with Crippen LogP contribution in [0.5, 0.6) is 5.75 Å². The number of ether oxygens (including phenoxy) is 2. The number of ketones is 1. The van der Waals surface area contributed by atoms with Gasteiger partial charge in [-0.3, -0.25) is 4.79 Å². The van der Waals surface area contributed by atoms with Crippen molar-refractivity contribution in [1.82, 2.24) is 5.16 Å². The number of rotatable bonds is 7. The Morgan fingerprint density at radius 1 is 1.11 bits per heavy atom. The van der Waals surface area contributed by atoms with E-state index < -0.39 is 11.8 Å². The van der Waals surface area contributed by atoms with Gasteiger partial charge in [0.25, 0.3) is 0 Å². The van der Waals surface area contributed by atoms with Crippen LogP contribution < -0.4 is 4.74 Å². The van der Waals surface area contributed by atoms with Crippen LogP contribution in [0.1, 0.15) is 23.0 Å². The smallest absolute Gasteiger partial charge is 0.344 e. The molecule has 0 saturated carbocycles. The van der Waals surface area contributed by atoms with Crippen LogP contribution in [0.3, 0.4) is 0 Å². The number of benzene rings is 2. The lowest BCUT2D eigenvalue weighted by atomic mass is 10.1. The molecule has 1 aromatic heterocycles. The Hall–Kier alpha value is -2.93. The van der Waals surface area contributed by atoms with Gasteiger partial charge in [-0.1, -0.05) is 51.4 Å². The summed E-state index contributed by atoms with van der Waals surface area (Å²) in [6.45, 7) is 1.68. The van der Waals surface area contributed by atoms with Crippen LogP contribution in [0, 0.1) is 0 Å². The molecule has 3 aromatic rings. The molecule has 0 amide bonds. The zero-order valence-corrected chi connectivity index (χ0v) is 16.1. The van der Waals surface area contributed by atoms with E-state index in [0.29, 0.717) is 10.2 Å². The lowest BCUT2D eigenvalue weighted by Gasteiger charge is -2.10. The number of nitrogens with zero attached hydrogens (tertiary/aromatic N) is 1. The van der Waals surface area contributed by atoms with E-state index in [2.05, 4.69) is 21.1 Å². The third-order valence-electron chi connectivity index (χ3n) is 3.64. The number of aromatic nitrogens is 1. The van der Waals surface area contributed by atoms with Gasteiger partial charge in [0.05, 0.1) is 12.2 Å². The number of halogens is 1. The van der Waals surface area contributed by atoms with E-state index in [1.54, 1.807) is 31.2 Å². The molecule has 2 aromatic carbocycles. The van der Waals surface area contributed by atoms with Crippen LogP contribution >= 0.6 is 15.9 Å². The maximum atomic E-state index is 12.9. The van der Waals surface area contributed by atoms with Crippen molar-refractivity contribution in [2.24, 2.45) is 0 Å². The van der Waals surface area contributed by atoms with Crippen molar-refractivity contribution in [1.29, 1.82) is 0 Å². The molecule has 3 rings (SSSR count). The molecule has 0 saturated heterocycles. The summed E-state index contributed by atoms with van der Waals surface area (Å²) >= 11 is 3.34. The van der Waals surface area contributed by atoms with Gasteiger partial charge in [0.2, 0.25) is 11.5 Å². The summed E-state index contributed by atoms with van der Waals surface area (Å²) in [6.07, 6.45) is 0. The number of hydrogen-bond donors (Lipinski definition) is 0. The van der Waals surface area contributed by atoms with Gasteiger partial charge < -0.3 is 14.0 Å². The first-order valence-electron chi connectivity index (χ1n) is 8.23. The Labute approximate surface area is 164 Å². The molecule has 138 valence electrons. The minimum atomic E-state index is -0.509. The SMILES string of the molecule is CCOC(=O)COc1ccc(Br)cc1C(=O)c1cc(-c2ccccc2)no1. The highest BCUT2D eigenvalue weighted by Crippen LogP contribution is 2.27. The third kappa shape index (κ3) is 4.62. The highest BCUT2D eigenvalue weighted by molar-refractivity contribution is 9.10. The van der Waals surface area contributed by atoms with E-state index in [0.717, 1.165) is 5.56 Å². The van der Waals surface area contributed by atoms with Crippen molar-refractivity contribution >= 4 is 27.7 Å². The van der Waals surface area contributed by atoms with E-state index in [1.807, 2.05) is 30.3 Å². The Morgan fingerprint density at radius 2 is 1.89 bits per heavy atom. The first kappa shape index (κ1) is 18.8. The van der Waals surface area contributed by atoms with Gasteiger partial charge in [0, 0.05) is 16.1 Å². The van der Waals surface area contributed by atoms with E-state index in [4.69, 9.17) is 14.0 Å². The maximum Gasteiger partial charge on any atom is 0.344 e. The molecule has 0 unspecified atom stereocenters. The zero-order valence-electron chi connectivity index (χ0n) is 14.5. The summed E-state index contributed by atoms with van der Waals surface area (Å²) in [5.41, 5.74) is 1.65. The van der Waals surface area contributed by atoms with Crippen LogP contribution in [0.2, 0.25) is 0 Å². The zero-order chi connectivity index (χ0) is 19.2. The summed E-state index contributed by atoms with van der Waals surface area (Å²) in [5.74, 6) is -0.573. The summed E-state index contributed by atoms with van der Waals surface area (Å²) in [7, 11) is 0. The van der Waals surface area contributed by atoms with Gasteiger partial charge >= 0.3 is 5.97 Å². The average molecular weight is 430 g/mol. The van der Waals surface area contributed by atoms with Crippen LogP contribution in [-0.4, -0.2) is 30.1 Å². The van der Waals surface area contributed by atoms with Crippen LogP contribution in [-0.2, 0) is 9.53 Å². The van der Waals surface area contributed by atoms with E-state index in [9.17, 15) is 9.59 Å². The molecule has 1 heterocycles. The third-order valence-corrected chi connectivity index (χ3v) is 4.13. The molecule has 6 nitrogen and oxygen atoms in total. The fourth-order valence-electron chi connectivity index (χ4n) is 2.40. The fourth-order valence-corrected chi connectivity index (χ4v) is 2.77. The molecule has 0 bridgehead atoms. The second-order valence-electron chi connectivity index (χ2n) is 5.51. The standard InChI is InChI=1S/C20H16BrNO5/c1-2-25-19(23)12-26-17-9-8-14(21)10-15(17)20(24)18-11-16(22-27-18)13-6-4-3-5-7-13/h3-11H,2,12H2,1H3. The van der Waals surface area contributed by atoms with Gasteiger partial charge in [-0.25, -0.2) is 4.79 Å². The molecule has 0 aliphatic heterocycles. The van der Waals surface area contributed by atoms with Crippen molar-refractivity contribution in [3.8, 4) is 17.0 Å². The van der Waals surface area contributed by atoms with Gasteiger partial charge in [0.1, 0.15) is 11.4 Å². The highest BCUT2D eigenvalue weighted by atomic mass is 79.9. The number of carbonyl (C=O) groups is 2. The van der Waals surface area contributed by atoms with Gasteiger partial charge in [-0.2, -0.15) is 0 Å². The predicted molar refractivity (Wildman–Crippen MR) is 102 cm³/mol. The summed E-state index contributed by atoms with van der Waals surface area (Å²) in [5, 5.41) is 3.96. The monoisotopic (exact) mass is 429 g/mol.